The maximum atomic E-state index is 13.0. The molecule has 0 N–H and O–H groups in total. The molecule has 1 aromatic carbocycles. The van der Waals surface area contributed by atoms with Gasteiger partial charge in [-0.25, -0.2) is 4.39 Å². The second-order valence-electron chi connectivity index (χ2n) is 5.02. The smallest absolute Gasteiger partial charge is 0.124 e. The fourth-order valence-corrected chi connectivity index (χ4v) is 3.82. The molecule has 0 bridgehead atoms. The van der Waals surface area contributed by atoms with Gasteiger partial charge in [0.25, 0.3) is 0 Å². The van der Waals surface area contributed by atoms with Crippen molar-refractivity contribution in [1.82, 2.24) is 4.90 Å². The van der Waals surface area contributed by atoms with Gasteiger partial charge < -0.3 is 0 Å². The van der Waals surface area contributed by atoms with Gasteiger partial charge in [0, 0.05) is 22.4 Å². The molecule has 2 rings (SSSR count). The molecule has 0 heterocycles. The van der Waals surface area contributed by atoms with Gasteiger partial charge in [0.2, 0.25) is 0 Å². The van der Waals surface area contributed by atoms with E-state index in [4.69, 9.17) is 11.6 Å². The van der Waals surface area contributed by atoms with E-state index < -0.39 is 0 Å². The molecule has 1 aliphatic carbocycles. The number of rotatable bonds is 3. The molecule has 0 aliphatic heterocycles. The summed E-state index contributed by atoms with van der Waals surface area (Å²) in [4.78, 5) is 2.87. The Morgan fingerprint density at radius 2 is 2.11 bits per heavy atom. The summed E-state index contributed by atoms with van der Waals surface area (Å²) in [5.74, 6) is -0.276. The van der Waals surface area contributed by atoms with Crippen LogP contribution in [0.1, 0.15) is 31.2 Å². The number of benzene rings is 1. The van der Waals surface area contributed by atoms with Crippen LogP contribution in [0.2, 0.25) is 5.02 Å². The lowest BCUT2D eigenvalue weighted by Crippen LogP contribution is -2.40. The molecule has 100 valence electrons. The molecule has 0 spiro atoms. The van der Waals surface area contributed by atoms with Gasteiger partial charge in [-0.2, -0.15) is 0 Å². The van der Waals surface area contributed by atoms with E-state index in [2.05, 4.69) is 27.9 Å². The molecule has 4 heteroatoms. The van der Waals surface area contributed by atoms with Gasteiger partial charge in [-0.15, -0.1) is 0 Å². The first-order valence-corrected chi connectivity index (χ1v) is 7.65. The third-order valence-corrected chi connectivity index (χ3v) is 5.07. The predicted octanol–water partition coefficient (Wildman–Crippen LogP) is 4.62. The lowest BCUT2D eigenvalue weighted by molar-refractivity contribution is 0.193. The minimum atomic E-state index is -0.276. The highest BCUT2D eigenvalue weighted by molar-refractivity contribution is 9.09. The summed E-state index contributed by atoms with van der Waals surface area (Å²) in [6.45, 7) is 0.770. The van der Waals surface area contributed by atoms with E-state index in [9.17, 15) is 4.39 Å². The second kappa shape index (κ2) is 6.36. The van der Waals surface area contributed by atoms with Gasteiger partial charge in [-0.05, 0) is 37.6 Å². The Morgan fingerprint density at radius 3 is 2.78 bits per heavy atom. The first kappa shape index (κ1) is 14.3. The van der Waals surface area contributed by atoms with E-state index in [0.717, 1.165) is 12.1 Å². The molecular formula is C14H18BrClFN. The topological polar surface area (TPSA) is 3.24 Å². The second-order valence-corrected chi connectivity index (χ2v) is 6.60. The monoisotopic (exact) mass is 333 g/mol. The predicted molar refractivity (Wildman–Crippen MR) is 77.8 cm³/mol. The van der Waals surface area contributed by atoms with Crippen molar-refractivity contribution in [1.29, 1.82) is 0 Å². The molecule has 18 heavy (non-hydrogen) atoms. The van der Waals surface area contributed by atoms with Crippen LogP contribution in [0.15, 0.2) is 18.2 Å². The van der Waals surface area contributed by atoms with Crippen molar-refractivity contribution in [2.75, 3.05) is 7.05 Å². The molecule has 1 aliphatic rings. The van der Waals surface area contributed by atoms with Crippen LogP contribution in [0.5, 0.6) is 0 Å². The minimum absolute atomic E-state index is 0.276. The molecule has 0 aromatic heterocycles. The van der Waals surface area contributed by atoms with Crippen LogP contribution < -0.4 is 0 Å². The summed E-state index contributed by atoms with van der Waals surface area (Å²) in [5.41, 5.74) is 0.992. The third kappa shape index (κ3) is 3.46. The van der Waals surface area contributed by atoms with Gasteiger partial charge in [0.1, 0.15) is 5.82 Å². The van der Waals surface area contributed by atoms with Crippen LogP contribution in [0.3, 0.4) is 0 Å². The molecule has 0 radical (unpaired) electrons. The lowest BCUT2D eigenvalue weighted by atomic mass is 9.94. The maximum absolute atomic E-state index is 13.0. The highest BCUT2D eigenvalue weighted by Crippen LogP contribution is 2.29. The summed E-state index contributed by atoms with van der Waals surface area (Å²) in [6, 6.07) is 5.18. The Hall–Kier alpha value is -0.120. The molecule has 1 saturated carbocycles. The van der Waals surface area contributed by atoms with Crippen LogP contribution in [0.25, 0.3) is 0 Å². The maximum Gasteiger partial charge on any atom is 0.124 e. The standard InChI is InChI=1S/C14H18BrClFN/c1-18(14-5-3-2-4-12(14)15)9-10-6-7-11(17)8-13(10)16/h6-8,12,14H,2-5,9H2,1H3. The van der Waals surface area contributed by atoms with Crippen molar-refractivity contribution >= 4 is 27.5 Å². The summed E-state index contributed by atoms with van der Waals surface area (Å²) < 4.78 is 13.0. The first-order valence-electron chi connectivity index (χ1n) is 6.36. The van der Waals surface area contributed by atoms with Gasteiger partial charge in [-0.1, -0.05) is 46.4 Å². The van der Waals surface area contributed by atoms with Gasteiger partial charge >= 0.3 is 0 Å². The van der Waals surface area contributed by atoms with Crippen molar-refractivity contribution in [3.8, 4) is 0 Å². The molecule has 2 unspecified atom stereocenters. The van der Waals surface area contributed by atoms with E-state index in [0.29, 0.717) is 15.9 Å². The van der Waals surface area contributed by atoms with Crippen molar-refractivity contribution in [3.63, 3.8) is 0 Å². The summed E-state index contributed by atoms with van der Waals surface area (Å²) in [7, 11) is 2.12. The number of halogens is 3. The molecule has 1 nitrogen and oxygen atoms in total. The summed E-state index contributed by atoms with van der Waals surface area (Å²) >= 11 is 9.83. The average Bonchev–Trinajstić information content (AvgIpc) is 2.33. The Kier molecular flexibility index (Phi) is 5.05. The number of alkyl halides is 1. The summed E-state index contributed by atoms with van der Waals surface area (Å²) in [5, 5.41) is 0.517. The largest absolute Gasteiger partial charge is 0.298 e. The molecule has 1 aromatic rings. The quantitative estimate of drug-likeness (QED) is 0.729. The zero-order valence-corrected chi connectivity index (χ0v) is 12.8. The lowest BCUT2D eigenvalue weighted by Gasteiger charge is -2.35. The number of nitrogens with zero attached hydrogens (tertiary/aromatic N) is 1. The number of hydrogen-bond acceptors (Lipinski definition) is 1. The zero-order valence-electron chi connectivity index (χ0n) is 10.5. The van der Waals surface area contributed by atoms with Gasteiger partial charge in [0.05, 0.1) is 0 Å². The molecule has 1 fully saturated rings. The van der Waals surface area contributed by atoms with Crippen molar-refractivity contribution in [3.05, 3.63) is 34.6 Å². The van der Waals surface area contributed by atoms with Gasteiger partial charge in [-0.3, -0.25) is 4.90 Å². The molecule has 0 saturated heterocycles. The van der Waals surface area contributed by atoms with Crippen LogP contribution in [0, 0.1) is 5.82 Å². The van der Waals surface area contributed by atoms with E-state index in [1.807, 2.05) is 0 Å². The van der Waals surface area contributed by atoms with E-state index in [1.54, 1.807) is 6.07 Å². The van der Waals surface area contributed by atoms with Crippen LogP contribution in [-0.4, -0.2) is 22.8 Å². The Bertz CT molecular complexity index is 413. The summed E-state index contributed by atoms with van der Waals surface area (Å²) in [6.07, 6.45) is 5.03. The van der Waals surface area contributed by atoms with Crippen molar-refractivity contribution in [2.24, 2.45) is 0 Å². The van der Waals surface area contributed by atoms with Crippen LogP contribution in [0.4, 0.5) is 4.39 Å². The third-order valence-electron chi connectivity index (χ3n) is 3.65. The Labute approximate surface area is 121 Å². The fraction of sp³-hybridized carbons (Fsp3) is 0.571. The molecular weight excluding hydrogens is 317 g/mol. The Balaban J connectivity index is 2.03. The zero-order chi connectivity index (χ0) is 13.1. The molecule has 0 amide bonds. The highest BCUT2D eigenvalue weighted by Gasteiger charge is 2.26. The van der Waals surface area contributed by atoms with Crippen LogP contribution >= 0.6 is 27.5 Å². The first-order chi connectivity index (χ1) is 8.58. The average molecular weight is 335 g/mol. The van der Waals surface area contributed by atoms with Gasteiger partial charge in [0.15, 0.2) is 0 Å². The Morgan fingerprint density at radius 1 is 1.39 bits per heavy atom. The van der Waals surface area contributed by atoms with E-state index in [1.165, 1.54) is 37.8 Å². The van der Waals surface area contributed by atoms with Crippen molar-refractivity contribution in [2.45, 2.75) is 43.1 Å². The van der Waals surface area contributed by atoms with E-state index in [-0.39, 0.29) is 5.82 Å². The SMILES string of the molecule is CN(Cc1ccc(F)cc1Cl)C1CCCCC1Br. The normalized spacial score (nSPS) is 24.5. The van der Waals surface area contributed by atoms with E-state index >= 15 is 0 Å². The van der Waals surface area contributed by atoms with Crippen molar-refractivity contribution < 1.29 is 4.39 Å². The van der Waals surface area contributed by atoms with Crippen LogP contribution in [-0.2, 0) is 6.54 Å². The highest BCUT2D eigenvalue weighted by atomic mass is 79.9. The molecule has 2 atom stereocenters. The fourth-order valence-electron chi connectivity index (χ4n) is 2.60. The number of hydrogen-bond donors (Lipinski definition) is 0. The minimum Gasteiger partial charge on any atom is -0.298 e.